The highest BCUT2D eigenvalue weighted by molar-refractivity contribution is 6.31. The molecule has 0 saturated carbocycles. The predicted octanol–water partition coefficient (Wildman–Crippen LogP) is 4.68. The molecule has 0 aliphatic rings. The monoisotopic (exact) mass is 312 g/mol. The zero-order chi connectivity index (χ0) is 15.9. The first-order valence-electron chi connectivity index (χ1n) is 7.16. The fourth-order valence-corrected chi connectivity index (χ4v) is 2.68. The third-order valence-corrected chi connectivity index (χ3v) is 3.74. The van der Waals surface area contributed by atoms with E-state index in [1.165, 1.54) is 0 Å². The Bertz CT molecular complexity index is 859. The maximum atomic E-state index is 13.0. The number of carbonyl (C=O) groups is 1. The summed E-state index contributed by atoms with van der Waals surface area (Å²) in [4.78, 5) is 17.7. The number of halogens is 1. The number of fused-ring (bicyclic) bond motifs is 1. The first-order chi connectivity index (χ1) is 10.4. The van der Waals surface area contributed by atoms with Crippen molar-refractivity contribution in [2.45, 2.75) is 26.2 Å². The molecule has 0 unspecified atom stereocenters. The summed E-state index contributed by atoms with van der Waals surface area (Å²) in [6, 6.07) is 14.7. The van der Waals surface area contributed by atoms with Gasteiger partial charge in [-0.15, -0.1) is 0 Å². The lowest BCUT2D eigenvalue weighted by Gasteiger charge is -2.19. The van der Waals surface area contributed by atoms with Crippen LogP contribution in [0.1, 0.15) is 37.0 Å². The number of para-hydroxylation sites is 2. The van der Waals surface area contributed by atoms with E-state index in [-0.39, 0.29) is 11.3 Å². The van der Waals surface area contributed by atoms with E-state index < -0.39 is 0 Å². The molecule has 3 rings (SSSR count). The van der Waals surface area contributed by atoms with Crippen LogP contribution in [-0.4, -0.2) is 15.5 Å². The van der Waals surface area contributed by atoms with Crippen LogP contribution in [0.5, 0.6) is 0 Å². The lowest BCUT2D eigenvalue weighted by molar-refractivity contribution is 0.0957. The van der Waals surface area contributed by atoms with Crippen LogP contribution in [0.3, 0.4) is 0 Å². The quantitative estimate of drug-likeness (QED) is 0.654. The van der Waals surface area contributed by atoms with Crippen LogP contribution in [-0.2, 0) is 5.41 Å². The van der Waals surface area contributed by atoms with Crippen molar-refractivity contribution in [1.82, 2.24) is 9.55 Å². The molecule has 1 heterocycles. The van der Waals surface area contributed by atoms with Gasteiger partial charge in [0, 0.05) is 16.0 Å². The molecule has 0 aliphatic carbocycles. The third kappa shape index (κ3) is 2.53. The molecule has 22 heavy (non-hydrogen) atoms. The minimum Gasteiger partial charge on any atom is -0.268 e. The van der Waals surface area contributed by atoms with Gasteiger partial charge in [-0.2, -0.15) is 0 Å². The molecule has 0 spiro atoms. The Morgan fingerprint density at radius 2 is 1.82 bits per heavy atom. The second-order valence-electron chi connectivity index (χ2n) is 6.33. The van der Waals surface area contributed by atoms with E-state index in [0.717, 1.165) is 16.9 Å². The Balaban J connectivity index is 2.27. The van der Waals surface area contributed by atoms with Gasteiger partial charge in [-0.25, -0.2) is 4.98 Å². The molecule has 1 aromatic heterocycles. The van der Waals surface area contributed by atoms with Crippen LogP contribution in [0.15, 0.2) is 48.5 Å². The van der Waals surface area contributed by atoms with Crippen molar-refractivity contribution in [2.75, 3.05) is 0 Å². The summed E-state index contributed by atoms with van der Waals surface area (Å²) < 4.78 is 1.70. The molecule has 0 saturated heterocycles. The molecule has 3 aromatic rings. The Labute approximate surface area is 134 Å². The second-order valence-corrected chi connectivity index (χ2v) is 6.76. The van der Waals surface area contributed by atoms with Crippen molar-refractivity contribution in [3.8, 4) is 0 Å². The standard InChI is InChI=1S/C18H17ClN2O/c1-18(2,3)17-20-14-9-4-5-10-15(14)21(17)16(22)12-7-6-8-13(19)11-12/h4-11H,1-3H3. The van der Waals surface area contributed by atoms with E-state index in [0.29, 0.717) is 10.6 Å². The van der Waals surface area contributed by atoms with Crippen molar-refractivity contribution in [1.29, 1.82) is 0 Å². The fourth-order valence-electron chi connectivity index (χ4n) is 2.49. The lowest BCUT2D eigenvalue weighted by atomic mass is 9.95. The van der Waals surface area contributed by atoms with Crippen molar-refractivity contribution in [3.63, 3.8) is 0 Å². The number of hydrogen-bond acceptors (Lipinski definition) is 2. The number of nitrogens with zero attached hydrogens (tertiary/aromatic N) is 2. The molecule has 0 fully saturated rings. The molecule has 4 heteroatoms. The van der Waals surface area contributed by atoms with Crippen LogP contribution in [0.2, 0.25) is 5.02 Å². The van der Waals surface area contributed by atoms with Crippen LogP contribution in [0.4, 0.5) is 0 Å². The smallest absolute Gasteiger partial charge is 0.263 e. The summed E-state index contributed by atoms with van der Waals surface area (Å²) in [6.07, 6.45) is 0. The van der Waals surface area contributed by atoms with Gasteiger partial charge >= 0.3 is 0 Å². The van der Waals surface area contributed by atoms with E-state index in [1.807, 2.05) is 24.3 Å². The molecule has 112 valence electrons. The Kier molecular flexibility index (Phi) is 3.53. The minimum absolute atomic E-state index is 0.110. The molecule has 3 nitrogen and oxygen atoms in total. The summed E-state index contributed by atoms with van der Waals surface area (Å²) in [7, 11) is 0. The summed E-state index contributed by atoms with van der Waals surface area (Å²) >= 11 is 6.02. The molecular weight excluding hydrogens is 296 g/mol. The molecular formula is C18H17ClN2O. The lowest BCUT2D eigenvalue weighted by Crippen LogP contribution is -2.24. The molecule has 0 N–H and O–H groups in total. The zero-order valence-electron chi connectivity index (χ0n) is 12.8. The predicted molar refractivity (Wildman–Crippen MR) is 89.6 cm³/mol. The fraction of sp³-hybridized carbons (Fsp3) is 0.222. The van der Waals surface area contributed by atoms with Crippen molar-refractivity contribution < 1.29 is 4.79 Å². The van der Waals surface area contributed by atoms with Crippen LogP contribution in [0.25, 0.3) is 11.0 Å². The van der Waals surface area contributed by atoms with Crippen LogP contribution >= 0.6 is 11.6 Å². The third-order valence-electron chi connectivity index (χ3n) is 3.51. The number of benzene rings is 2. The van der Waals surface area contributed by atoms with Gasteiger partial charge in [0.1, 0.15) is 5.82 Å². The Morgan fingerprint density at radius 1 is 1.09 bits per heavy atom. The van der Waals surface area contributed by atoms with Gasteiger partial charge in [-0.3, -0.25) is 9.36 Å². The number of imidazole rings is 1. The van der Waals surface area contributed by atoms with Gasteiger partial charge in [0.2, 0.25) is 0 Å². The van der Waals surface area contributed by atoms with E-state index in [4.69, 9.17) is 11.6 Å². The van der Waals surface area contributed by atoms with E-state index in [9.17, 15) is 4.79 Å². The molecule has 0 amide bonds. The highest BCUT2D eigenvalue weighted by Gasteiger charge is 2.26. The molecule has 2 aromatic carbocycles. The van der Waals surface area contributed by atoms with Crippen molar-refractivity contribution in [3.05, 3.63) is 64.9 Å². The van der Waals surface area contributed by atoms with Gasteiger partial charge in [0.15, 0.2) is 0 Å². The second kappa shape index (κ2) is 5.25. The average molecular weight is 313 g/mol. The Hall–Kier alpha value is -2.13. The van der Waals surface area contributed by atoms with Crippen LogP contribution < -0.4 is 0 Å². The SMILES string of the molecule is CC(C)(C)c1nc2ccccc2n1C(=O)c1cccc(Cl)c1. The van der Waals surface area contributed by atoms with Gasteiger partial charge in [-0.05, 0) is 30.3 Å². The molecule has 0 bridgehead atoms. The van der Waals surface area contributed by atoms with E-state index >= 15 is 0 Å². The minimum atomic E-state index is -0.243. The van der Waals surface area contributed by atoms with Gasteiger partial charge in [-0.1, -0.05) is 50.6 Å². The largest absolute Gasteiger partial charge is 0.268 e. The van der Waals surface area contributed by atoms with Crippen LogP contribution in [0, 0.1) is 0 Å². The maximum absolute atomic E-state index is 13.0. The van der Waals surface area contributed by atoms with Gasteiger partial charge in [0.25, 0.3) is 5.91 Å². The normalized spacial score (nSPS) is 11.8. The number of carbonyl (C=O) groups excluding carboxylic acids is 1. The molecule has 0 radical (unpaired) electrons. The highest BCUT2D eigenvalue weighted by Crippen LogP contribution is 2.27. The number of rotatable bonds is 1. The number of aromatic nitrogens is 2. The molecule has 0 aliphatic heterocycles. The first-order valence-corrected chi connectivity index (χ1v) is 7.54. The summed E-state index contributed by atoms with van der Waals surface area (Å²) in [6.45, 7) is 6.15. The maximum Gasteiger partial charge on any atom is 0.263 e. The average Bonchev–Trinajstić information content (AvgIpc) is 2.86. The summed E-state index contributed by atoms with van der Waals surface area (Å²) in [5.74, 6) is 0.639. The van der Waals surface area contributed by atoms with E-state index in [2.05, 4.69) is 25.8 Å². The van der Waals surface area contributed by atoms with E-state index in [1.54, 1.807) is 28.8 Å². The van der Waals surface area contributed by atoms with Crippen molar-refractivity contribution >= 4 is 28.5 Å². The summed E-state index contributed by atoms with van der Waals surface area (Å²) in [5.41, 5.74) is 1.95. The van der Waals surface area contributed by atoms with Gasteiger partial charge in [0.05, 0.1) is 11.0 Å². The Morgan fingerprint density at radius 3 is 2.50 bits per heavy atom. The highest BCUT2D eigenvalue weighted by atomic mass is 35.5. The van der Waals surface area contributed by atoms with Crippen molar-refractivity contribution in [2.24, 2.45) is 0 Å². The van der Waals surface area contributed by atoms with Gasteiger partial charge < -0.3 is 0 Å². The zero-order valence-corrected chi connectivity index (χ0v) is 13.6. The summed E-state index contributed by atoms with van der Waals surface area (Å²) in [5, 5.41) is 0.549. The number of hydrogen-bond donors (Lipinski definition) is 0. The molecule has 0 atom stereocenters. The topological polar surface area (TPSA) is 34.9 Å². The first kappa shape index (κ1) is 14.8.